The van der Waals surface area contributed by atoms with Crippen LogP contribution in [0.3, 0.4) is 0 Å². The van der Waals surface area contributed by atoms with Crippen molar-refractivity contribution in [2.45, 2.75) is 26.3 Å². The summed E-state index contributed by atoms with van der Waals surface area (Å²) in [6.45, 7) is 5.17. The van der Waals surface area contributed by atoms with Gasteiger partial charge in [-0.25, -0.2) is 0 Å². The Bertz CT molecular complexity index is 601. The lowest BCUT2D eigenvalue weighted by atomic mass is 10.1. The van der Waals surface area contributed by atoms with Gasteiger partial charge in [-0.2, -0.15) is 0 Å². The molecule has 110 valence electrons. The van der Waals surface area contributed by atoms with Crippen LogP contribution in [0.25, 0.3) is 0 Å². The number of nitrogens with zero attached hydrogens (tertiary/aromatic N) is 1. The van der Waals surface area contributed by atoms with E-state index in [0.717, 1.165) is 17.8 Å². The number of nitrogens with one attached hydrogen (secondary N) is 1. The fourth-order valence-corrected chi connectivity index (χ4v) is 2.84. The summed E-state index contributed by atoms with van der Waals surface area (Å²) < 4.78 is 0. The molecule has 0 aromatic heterocycles. The van der Waals surface area contributed by atoms with Crippen LogP contribution >= 0.6 is 0 Å². The maximum Gasteiger partial charge on any atom is 0.115 e. The van der Waals surface area contributed by atoms with Crippen molar-refractivity contribution in [3.8, 4) is 5.75 Å². The number of benzene rings is 2. The lowest BCUT2D eigenvalue weighted by molar-refractivity contribution is 0.475. The highest BCUT2D eigenvalue weighted by Gasteiger charge is 2.11. The van der Waals surface area contributed by atoms with E-state index in [1.165, 1.54) is 37.2 Å². The molecular formula is C18H22N2O. The Morgan fingerprint density at radius 2 is 1.76 bits per heavy atom. The van der Waals surface area contributed by atoms with Crippen LogP contribution in [0.4, 0.5) is 11.4 Å². The van der Waals surface area contributed by atoms with Gasteiger partial charge in [0.15, 0.2) is 0 Å². The van der Waals surface area contributed by atoms with E-state index in [1.807, 2.05) is 13.0 Å². The molecule has 0 bridgehead atoms. The molecule has 0 atom stereocenters. The third-order valence-electron chi connectivity index (χ3n) is 4.10. The third kappa shape index (κ3) is 3.30. The topological polar surface area (TPSA) is 35.5 Å². The van der Waals surface area contributed by atoms with E-state index >= 15 is 0 Å². The van der Waals surface area contributed by atoms with Crippen molar-refractivity contribution in [3.63, 3.8) is 0 Å². The summed E-state index contributed by atoms with van der Waals surface area (Å²) in [7, 11) is 0. The van der Waals surface area contributed by atoms with Crippen LogP contribution in [-0.4, -0.2) is 18.2 Å². The molecule has 21 heavy (non-hydrogen) atoms. The van der Waals surface area contributed by atoms with E-state index in [2.05, 4.69) is 34.5 Å². The van der Waals surface area contributed by atoms with Crippen LogP contribution < -0.4 is 10.2 Å². The normalized spacial score (nSPS) is 14.4. The van der Waals surface area contributed by atoms with Gasteiger partial charge in [0.1, 0.15) is 5.75 Å². The molecule has 0 unspecified atom stereocenters. The molecule has 1 fully saturated rings. The molecule has 2 aromatic carbocycles. The van der Waals surface area contributed by atoms with E-state index < -0.39 is 0 Å². The van der Waals surface area contributed by atoms with Crippen molar-refractivity contribution >= 4 is 11.4 Å². The van der Waals surface area contributed by atoms with Gasteiger partial charge in [-0.15, -0.1) is 0 Å². The summed E-state index contributed by atoms with van der Waals surface area (Å²) >= 11 is 0. The number of aryl methyl sites for hydroxylation is 1. The van der Waals surface area contributed by atoms with Crippen molar-refractivity contribution in [1.29, 1.82) is 0 Å². The minimum absolute atomic E-state index is 0.313. The quantitative estimate of drug-likeness (QED) is 0.835. The monoisotopic (exact) mass is 282 g/mol. The third-order valence-corrected chi connectivity index (χ3v) is 4.10. The number of phenols is 1. The Morgan fingerprint density at radius 1 is 1.05 bits per heavy atom. The number of hydrogen-bond donors (Lipinski definition) is 2. The molecule has 3 rings (SSSR count). The molecule has 3 nitrogen and oxygen atoms in total. The molecule has 1 aliphatic heterocycles. The first-order valence-electron chi connectivity index (χ1n) is 7.60. The summed E-state index contributed by atoms with van der Waals surface area (Å²) in [6, 6.07) is 14.2. The van der Waals surface area contributed by atoms with Crippen molar-refractivity contribution in [2.24, 2.45) is 0 Å². The summed E-state index contributed by atoms with van der Waals surface area (Å²) in [5.74, 6) is 0.313. The summed E-state index contributed by atoms with van der Waals surface area (Å²) in [5.41, 5.74) is 4.72. The van der Waals surface area contributed by atoms with Gasteiger partial charge in [-0.1, -0.05) is 12.1 Å². The Hall–Kier alpha value is -2.16. The van der Waals surface area contributed by atoms with E-state index in [1.54, 1.807) is 12.1 Å². The van der Waals surface area contributed by atoms with Gasteiger partial charge >= 0.3 is 0 Å². The average Bonchev–Trinajstić information content (AvgIpc) is 3.01. The Labute approximate surface area is 126 Å². The molecule has 0 spiro atoms. The predicted octanol–water partition coefficient (Wildman–Crippen LogP) is 3.91. The Kier molecular flexibility index (Phi) is 4.00. The highest BCUT2D eigenvalue weighted by atomic mass is 16.3. The molecule has 2 aromatic rings. The number of anilines is 2. The molecule has 0 aliphatic carbocycles. The van der Waals surface area contributed by atoms with Crippen LogP contribution in [0.15, 0.2) is 42.5 Å². The van der Waals surface area contributed by atoms with E-state index in [9.17, 15) is 5.11 Å². The number of hydrogen-bond acceptors (Lipinski definition) is 3. The van der Waals surface area contributed by atoms with Crippen LogP contribution in [0.5, 0.6) is 5.75 Å². The number of aromatic hydroxyl groups is 1. The lowest BCUT2D eigenvalue weighted by Crippen LogP contribution is -2.17. The molecule has 2 N–H and O–H groups in total. The summed E-state index contributed by atoms with van der Waals surface area (Å²) in [5, 5.41) is 12.8. The van der Waals surface area contributed by atoms with Crippen molar-refractivity contribution in [2.75, 3.05) is 23.3 Å². The van der Waals surface area contributed by atoms with E-state index in [-0.39, 0.29) is 0 Å². The van der Waals surface area contributed by atoms with Gasteiger partial charge in [0.25, 0.3) is 0 Å². The van der Waals surface area contributed by atoms with Gasteiger partial charge < -0.3 is 15.3 Å². The molecule has 1 saturated heterocycles. The molecule has 0 saturated carbocycles. The fourth-order valence-electron chi connectivity index (χ4n) is 2.84. The van der Waals surface area contributed by atoms with Crippen molar-refractivity contribution in [3.05, 3.63) is 53.6 Å². The average molecular weight is 282 g/mol. The summed E-state index contributed by atoms with van der Waals surface area (Å²) in [6.07, 6.45) is 2.62. The number of phenolic OH excluding ortho intramolecular Hbond substituents is 1. The van der Waals surface area contributed by atoms with Gasteiger partial charge in [0.2, 0.25) is 0 Å². The minimum atomic E-state index is 0.313. The largest absolute Gasteiger partial charge is 0.508 e. The predicted molar refractivity (Wildman–Crippen MR) is 88.1 cm³/mol. The van der Waals surface area contributed by atoms with Crippen LogP contribution in [-0.2, 0) is 6.54 Å². The zero-order valence-corrected chi connectivity index (χ0v) is 12.5. The Morgan fingerprint density at radius 3 is 2.43 bits per heavy atom. The second-order valence-corrected chi connectivity index (χ2v) is 5.71. The van der Waals surface area contributed by atoms with Gasteiger partial charge in [0.05, 0.1) is 0 Å². The van der Waals surface area contributed by atoms with Crippen LogP contribution in [0.1, 0.15) is 24.0 Å². The van der Waals surface area contributed by atoms with Crippen LogP contribution in [0.2, 0.25) is 0 Å². The highest BCUT2D eigenvalue weighted by Crippen LogP contribution is 2.22. The molecule has 1 heterocycles. The molecule has 0 amide bonds. The minimum Gasteiger partial charge on any atom is -0.508 e. The first kappa shape index (κ1) is 13.8. The zero-order valence-electron chi connectivity index (χ0n) is 12.5. The van der Waals surface area contributed by atoms with E-state index in [0.29, 0.717) is 5.75 Å². The standard InChI is InChI=1S/C18H22N2O/c1-14-12-17(21)8-9-18(14)19-13-15-4-6-16(7-5-15)20-10-2-3-11-20/h4-9,12,19,21H,2-3,10-11,13H2,1H3. The number of rotatable bonds is 4. The molecular weight excluding hydrogens is 260 g/mol. The first-order chi connectivity index (χ1) is 10.2. The molecule has 3 heteroatoms. The smallest absolute Gasteiger partial charge is 0.115 e. The van der Waals surface area contributed by atoms with E-state index in [4.69, 9.17) is 0 Å². The van der Waals surface area contributed by atoms with Gasteiger partial charge in [-0.05, 0) is 61.2 Å². The first-order valence-corrected chi connectivity index (χ1v) is 7.60. The SMILES string of the molecule is Cc1cc(O)ccc1NCc1ccc(N2CCCC2)cc1. The maximum atomic E-state index is 9.42. The van der Waals surface area contributed by atoms with Gasteiger partial charge in [-0.3, -0.25) is 0 Å². The molecule has 0 radical (unpaired) electrons. The highest BCUT2D eigenvalue weighted by molar-refractivity contribution is 5.54. The van der Waals surface area contributed by atoms with Crippen molar-refractivity contribution in [1.82, 2.24) is 0 Å². The fraction of sp³-hybridized carbons (Fsp3) is 0.333. The maximum absolute atomic E-state index is 9.42. The summed E-state index contributed by atoms with van der Waals surface area (Å²) in [4.78, 5) is 2.45. The lowest BCUT2D eigenvalue weighted by Gasteiger charge is -2.18. The molecule has 1 aliphatic rings. The van der Waals surface area contributed by atoms with Gasteiger partial charge in [0, 0.05) is 31.0 Å². The second-order valence-electron chi connectivity index (χ2n) is 5.71. The van der Waals surface area contributed by atoms with Crippen molar-refractivity contribution < 1.29 is 5.11 Å². The second kappa shape index (κ2) is 6.08. The van der Waals surface area contributed by atoms with Crippen LogP contribution in [0, 0.1) is 6.92 Å². The zero-order chi connectivity index (χ0) is 14.7. The Balaban J connectivity index is 1.62.